The zero-order valence-electron chi connectivity index (χ0n) is 16.4. The quantitative estimate of drug-likeness (QED) is 0.745. The summed E-state index contributed by atoms with van der Waals surface area (Å²) in [5.74, 6) is -0.578. The first-order valence-corrected chi connectivity index (χ1v) is 9.64. The number of pyridine rings is 1. The first kappa shape index (κ1) is 18.9. The van der Waals surface area contributed by atoms with E-state index in [1.165, 1.54) is 10.6 Å². The number of likely N-dealkylation sites (tertiary alicyclic amines) is 1. The molecule has 1 aromatic carbocycles. The van der Waals surface area contributed by atoms with Crippen LogP contribution in [0.4, 0.5) is 5.69 Å². The van der Waals surface area contributed by atoms with Gasteiger partial charge in [0, 0.05) is 36.7 Å². The normalized spacial score (nSPS) is 13.7. The summed E-state index contributed by atoms with van der Waals surface area (Å²) in [5.41, 5.74) is 2.64. The molecule has 0 unspecified atom stereocenters. The Balaban J connectivity index is 1.65. The molecule has 1 saturated heterocycles. The van der Waals surface area contributed by atoms with E-state index >= 15 is 0 Å². The van der Waals surface area contributed by atoms with Crippen LogP contribution in [0.15, 0.2) is 47.5 Å². The van der Waals surface area contributed by atoms with Crippen LogP contribution in [0.5, 0.6) is 0 Å². The fourth-order valence-electron chi connectivity index (χ4n) is 3.69. The van der Waals surface area contributed by atoms with Crippen molar-refractivity contribution in [2.75, 3.05) is 18.4 Å². The molecule has 148 valence electrons. The zero-order chi connectivity index (χ0) is 20.5. The predicted molar refractivity (Wildman–Crippen MR) is 110 cm³/mol. The molecular formula is C22H22N4O3. The van der Waals surface area contributed by atoms with Crippen molar-refractivity contribution >= 4 is 23.1 Å². The van der Waals surface area contributed by atoms with Gasteiger partial charge in [-0.1, -0.05) is 12.1 Å². The molecule has 1 N–H and O–H groups in total. The van der Waals surface area contributed by atoms with Crippen molar-refractivity contribution in [2.45, 2.75) is 26.7 Å². The first-order chi connectivity index (χ1) is 14.0. The Morgan fingerprint density at radius 2 is 1.79 bits per heavy atom. The molecular weight excluding hydrogens is 368 g/mol. The fraction of sp³-hybridized carbons (Fsp3) is 0.273. The zero-order valence-corrected chi connectivity index (χ0v) is 16.4. The van der Waals surface area contributed by atoms with Gasteiger partial charge in [0.05, 0.1) is 0 Å². The van der Waals surface area contributed by atoms with Crippen LogP contribution < -0.4 is 10.9 Å². The molecule has 2 aromatic heterocycles. The van der Waals surface area contributed by atoms with Gasteiger partial charge in [-0.15, -0.1) is 0 Å². The van der Waals surface area contributed by atoms with Crippen LogP contribution in [0.1, 0.15) is 44.7 Å². The van der Waals surface area contributed by atoms with Gasteiger partial charge >= 0.3 is 0 Å². The lowest BCUT2D eigenvalue weighted by Gasteiger charge is -2.18. The highest BCUT2D eigenvalue weighted by molar-refractivity contribution is 6.05. The number of rotatable bonds is 3. The monoisotopic (exact) mass is 390 g/mol. The lowest BCUT2D eigenvalue weighted by molar-refractivity contribution is 0.0791. The second-order valence-corrected chi connectivity index (χ2v) is 7.29. The molecule has 0 spiro atoms. The largest absolute Gasteiger partial charge is 0.339 e. The van der Waals surface area contributed by atoms with Crippen molar-refractivity contribution in [1.82, 2.24) is 14.3 Å². The second-order valence-electron chi connectivity index (χ2n) is 7.29. The minimum absolute atomic E-state index is 0.0287. The molecule has 0 atom stereocenters. The van der Waals surface area contributed by atoms with E-state index in [-0.39, 0.29) is 11.5 Å². The van der Waals surface area contributed by atoms with Gasteiger partial charge in [0.25, 0.3) is 17.4 Å². The minimum atomic E-state index is -0.549. The summed E-state index contributed by atoms with van der Waals surface area (Å²) in [4.78, 5) is 44.4. The number of hydrogen-bond donors (Lipinski definition) is 1. The van der Waals surface area contributed by atoms with E-state index in [1.807, 2.05) is 17.9 Å². The van der Waals surface area contributed by atoms with Crippen molar-refractivity contribution < 1.29 is 9.59 Å². The molecule has 29 heavy (non-hydrogen) atoms. The molecule has 0 aliphatic carbocycles. The molecule has 1 aliphatic rings. The number of fused-ring (bicyclic) bond motifs is 1. The Bertz CT molecular complexity index is 1180. The average molecular weight is 390 g/mol. The first-order valence-electron chi connectivity index (χ1n) is 9.64. The van der Waals surface area contributed by atoms with Gasteiger partial charge in [-0.3, -0.25) is 18.8 Å². The Hall–Kier alpha value is -3.48. The number of carbonyl (C=O) groups is 2. The highest BCUT2D eigenvalue weighted by Crippen LogP contribution is 2.22. The number of aryl methyl sites for hydroxylation is 1. The van der Waals surface area contributed by atoms with Gasteiger partial charge in [-0.05, 0) is 56.0 Å². The second kappa shape index (κ2) is 7.50. The third-order valence-corrected chi connectivity index (χ3v) is 5.38. The molecule has 7 heteroatoms. The number of aromatic nitrogens is 2. The van der Waals surface area contributed by atoms with Crippen LogP contribution in [0, 0.1) is 13.8 Å². The molecule has 1 aliphatic heterocycles. The summed E-state index contributed by atoms with van der Waals surface area (Å²) in [6.45, 7) is 5.17. The van der Waals surface area contributed by atoms with Crippen LogP contribution in [-0.2, 0) is 0 Å². The summed E-state index contributed by atoms with van der Waals surface area (Å²) in [7, 11) is 0. The van der Waals surface area contributed by atoms with E-state index in [0.717, 1.165) is 31.5 Å². The number of hydrogen-bond acceptors (Lipinski definition) is 4. The standard InChI is InChI=1S/C22H22N4O3/c1-14-7-6-12-26-19(14)23-13-17(22(26)29)20(27)24-18-9-5-8-16(15(18)2)21(28)25-10-3-4-11-25/h5-9,12-13H,3-4,10-11H2,1-2H3,(H,24,27). The smallest absolute Gasteiger partial charge is 0.270 e. The Morgan fingerprint density at radius 3 is 2.55 bits per heavy atom. The summed E-state index contributed by atoms with van der Waals surface area (Å²) in [6.07, 6.45) is 4.92. The van der Waals surface area contributed by atoms with Crippen molar-refractivity contribution in [1.29, 1.82) is 0 Å². The number of amides is 2. The van der Waals surface area contributed by atoms with Gasteiger partial charge in [0.1, 0.15) is 11.2 Å². The van der Waals surface area contributed by atoms with Crippen molar-refractivity contribution in [3.63, 3.8) is 0 Å². The van der Waals surface area contributed by atoms with Gasteiger partial charge in [0.15, 0.2) is 0 Å². The lowest BCUT2D eigenvalue weighted by atomic mass is 10.1. The van der Waals surface area contributed by atoms with Crippen LogP contribution in [0.3, 0.4) is 0 Å². The summed E-state index contributed by atoms with van der Waals surface area (Å²) < 4.78 is 1.37. The number of benzene rings is 1. The lowest BCUT2D eigenvalue weighted by Crippen LogP contribution is -2.29. The number of carbonyl (C=O) groups excluding carboxylic acids is 2. The molecule has 3 aromatic rings. The van der Waals surface area contributed by atoms with Crippen molar-refractivity contribution in [2.24, 2.45) is 0 Å². The molecule has 0 saturated carbocycles. The van der Waals surface area contributed by atoms with E-state index in [2.05, 4.69) is 10.3 Å². The van der Waals surface area contributed by atoms with Crippen LogP contribution in [-0.4, -0.2) is 39.2 Å². The summed E-state index contributed by atoms with van der Waals surface area (Å²) >= 11 is 0. The molecule has 0 radical (unpaired) electrons. The van der Waals surface area contributed by atoms with Gasteiger partial charge < -0.3 is 10.2 Å². The average Bonchev–Trinajstić information content (AvgIpc) is 3.25. The Morgan fingerprint density at radius 1 is 1.03 bits per heavy atom. The van der Waals surface area contributed by atoms with E-state index in [9.17, 15) is 14.4 Å². The van der Waals surface area contributed by atoms with Crippen LogP contribution in [0.25, 0.3) is 5.65 Å². The number of nitrogens with zero attached hydrogens (tertiary/aromatic N) is 3. The van der Waals surface area contributed by atoms with Crippen LogP contribution in [0.2, 0.25) is 0 Å². The van der Waals surface area contributed by atoms with E-state index in [1.54, 1.807) is 37.4 Å². The topological polar surface area (TPSA) is 83.8 Å². The number of nitrogens with one attached hydrogen (secondary N) is 1. The predicted octanol–water partition coefficient (Wildman–Crippen LogP) is 2.80. The van der Waals surface area contributed by atoms with E-state index in [0.29, 0.717) is 22.5 Å². The fourth-order valence-corrected chi connectivity index (χ4v) is 3.69. The van der Waals surface area contributed by atoms with Gasteiger partial charge in [-0.2, -0.15) is 0 Å². The van der Waals surface area contributed by atoms with Crippen molar-refractivity contribution in [3.05, 3.63) is 75.3 Å². The Labute approximate surface area is 168 Å². The molecule has 0 bridgehead atoms. The summed E-state index contributed by atoms with van der Waals surface area (Å²) in [5, 5.41) is 2.77. The Kier molecular flexibility index (Phi) is 4.88. The maximum Gasteiger partial charge on any atom is 0.270 e. The molecule has 2 amide bonds. The van der Waals surface area contributed by atoms with Crippen molar-refractivity contribution in [3.8, 4) is 0 Å². The molecule has 3 heterocycles. The third-order valence-electron chi connectivity index (χ3n) is 5.38. The van der Waals surface area contributed by atoms with Gasteiger partial charge in [0.2, 0.25) is 0 Å². The third kappa shape index (κ3) is 3.40. The molecule has 7 nitrogen and oxygen atoms in total. The molecule has 4 rings (SSSR count). The highest BCUT2D eigenvalue weighted by Gasteiger charge is 2.22. The SMILES string of the molecule is Cc1c(NC(=O)c2cnc3c(C)cccn3c2=O)cccc1C(=O)N1CCCC1. The highest BCUT2D eigenvalue weighted by atomic mass is 16.2. The number of anilines is 1. The maximum atomic E-state index is 12.8. The minimum Gasteiger partial charge on any atom is -0.339 e. The van der Waals surface area contributed by atoms with Gasteiger partial charge in [-0.25, -0.2) is 4.98 Å². The van der Waals surface area contributed by atoms with Crippen LogP contribution >= 0.6 is 0 Å². The maximum absolute atomic E-state index is 12.8. The van der Waals surface area contributed by atoms with E-state index < -0.39 is 11.5 Å². The molecule has 1 fully saturated rings. The van der Waals surface area contributed by atoms with E-state index in [4.69, 9.17) is 0 Å². The summed E-state index contributed by atoms with van der Waals surface area (Å²) in [6, 6.07) is 8.82.